The van der Waals surface area contributed by atoms with Gasteiger partial charge in [-0.05, 0) is 23.7 Å². The Morgan fingerprint density at radius 1 is 0.533 bits per heavy atom. The molecule has 0 N–H and O–H groups in total. The molecule has 2 atom stereocenters. The molecule has 2 unspecified atom stereocenters. The molecule has 0 rings (SSSR count). The summed E-state index contributed by atoms with van der Waals surface area (Å²) in [5.74, 6) is 3.54. The largest absolute Gasteiger partial charge is 0.0625 e. The van der Waals surface area contributed by atoms with Gasteiger partial charge in [-0.3, -0.25) is 0 Å². The first-order valence-corrected chi connectivity index (χ1v) is 6.95. The van der Waals surface area contributed by atoms with Gasteiger partial charge < -0.3 is 0 Å². The van der Waals surface area contributed by atoms with Crippen molar-refractivity contribution < 1.29 is 0 Å². The summed E-state index contributed by atoms with van der Waals surface area (Å²) in [6, 6.07) is 0. The molecule has 0 bridgehead atoms. The summed E-state index contributed by atoms with van der Waals surface area (Å²) in [4.78, 5) is 0. The number of hydrogen-bond acceptors (Lipinski definition) is 0. The highest BCUT2D eigenvalue weighted by Gasteiger charge is 2.08. The highest BCUT2D eigenvalue weighted by molar-refractivity contribution is 4.60. The third-order valence-electron chi connectivity index (χ3n) is 4.10. The Morgan fingerprint density at radius 3 is 1.13 bits per heavy atom. The van der Waals surface area contributed by atoms with Crippen LogP contribution < -0.4 is 0 Å². The summed E-state index contributed by atoms with van der Waals surface area (Å²) < 4.78 is 0. The average molecular weight is 212 g/mol. The molecular formula is C15H32. The molecule has 0 spiro atoms. The molecule has 0 aromatic rings. The maximum absolute atomic E-state index is 2.39. The monoisotopic (exact) mass is 212 g/mol. The van der Waals surface area contributed by atoms with Gasteiger partial charge in [0.2, 0.25) is 0 Å². The van der Waals surface area contributed by atoms with Crippen molar-refractivity contribution >= 4 is 0 Å². The van der Waals surface area contributed by atoms with Crippen LogP contribution in [0.1, 0.15) is 73.6 Å². The van der Waals surface area contributed by atoms with Crippen molar-refractivity contribution in [2.75, 3.05) is 0 Å². The number of hydrogen-bond donors (Lipinski definition) is 0. The third kappa shape index (κ3) is 7.88. The molecule has 0 aliphatic heterocycles. The molecule has 0 aliphatic carbocycles. The van der Waals surface area contributed by atoms with Gasteiger partial charge in [0, 0.05) is 0 Å². The van der Waals surface area contributed by atoms with Crippen LogP contribution in [0.2, 0.25) is 0 Å². The van der Waals surface area contributed by atoms with E-state index in [4.69, 9.17) is 0 Å². The average Bonchev–Trinajstić information content (AvgIpc) is 2.16. The molecule has 0 aromatic heterocycles. The summed E-state index contributed by atoms with van der Waals surface area (Å²) >= 11 is 0. The lowest BCUT2D eigenvalue weighted by Gasteiger charge is -2.16. The Balaban J connectivity index is 3.32. The molecule has 0 saturated heterocycles. The van der Waals surface area contributed by atoms with Gasteiger partial charge >= 0.3 is 0 Å². The van der Waals surface area contributed by atoms with Crippen LogP contribution in [0.5, 0.6) is 0 Å². The van der Waals surface area contributed by atoms with Crippen LogP contribution in [0.15, 0.2) is 0 Å². The topological polar surface area (TPSA) is 0 Å². The minimum absolute atomic E-state index is 0.861. The minimum Gasteiger partial charge on any atom is -0.0625 e. The quantitative estimate of drug-likeness (QED) is 0.465. The Morgan fingerprint density at radius 2 is 0.867 bits per heavy atom. The van der Waals surface area contributed by atoms with Crippen molar-refractivity contribution in [3.63, 3.8) is 0 Å². The predicted octanol–water partition coefficient (Wildman–Crippen LogP) is 5.52. The molecule has 0 radical (unpaired) electrons. The minimum atomic E-state index is 0.861. The van der Waals surface area contributed by atoms with Gasteiger partial charge in [0.15, 0.2) is 0 Å². The lowest BCUT2D eigenvalue weighted by molar-refractivity contribution is 0.352. The van der Waals surface area contributed by atoms with Crippen molar-refractivity contribution in [3.8, 4) is 0 Å². The van der Waals surface area contributed by atoms with Crippen molar-refractivity contribution in [1.29, 1.82) is 0 Å². The van der Waals surface area contributed by atoms with E-state index in [-0.39, 0.29) is 0 Å². The Bertz CT molecular complexity index is 119. The zero-order chi connectivity index (χ0) is 11.8. The molecule has 0 aliphatic rings. The maximum Gasteiger partial charge on any atom is -0.0420 e. The van der Waals surface area contributed by atoms with E-state index in [0.717, 1.165) is 23.7 Å². The summed E-state index contributed by atoms with van der Waals surface area (Å²) in [6.45, 7) is 14.1. The van der Waals surface area contributed by atoms with Crippen LogP contribution in [-0.4, -0.2) is 0 Å². The van der Waals surface area contributed by atoms with Crippen LogP contribution in [-0.2, 0) is 0 Å². The summed E-state index contributed by atoms with van der Waals surface area (Å²) in [5, 5.41) is 0. The molecule has 92 valence electrons. The molecule has 0 heterocycles. The van der Waals surface area contributed by atoms with Gasteiger partial charge in [0.25, 0.3) is 0 Å². The smallest absolute Gasteiger partial charge is 0.0420 e. The number of rotatable bonds is 8. The van der Waals surface area contributed by atoms with Crippen LogP contribution >= 0.6 is 0 Å². The van der Waals surface area contributed by atoms with E-state index < -0.39 is 0 Å². The Labute approximate surface area is 97.8 Å². The zero-order valence-electron chi connectivity index (χ0n) is 11.8. The van der Waals surface area contributed by atoms with E-state index in [0.29, 0.717) is 0 Å². The fourth-order valence-electron chi connectivity index (χ4n) is 1.78. The van der Waals surface area contributed by atoms with E-state index in [1.807, 2.05) is 0 Å². The number of unbranched alkanes of at least 4 members (excludes halogenated alkanes) is 2. The molecular weight excluding hydrogens is 180 g/mol. The van der Waals surface area contributed by atoms with Gasteiger partial charge in [-0.15, -0.1) is 0 Å². The molecule has 0 amide bonds. The summed E-state index contributed by atoms with van der Waals surface area (Å²) in [7, 11) is 0. The lowest BCUT2D eigenvalue weighted by atomic mass is 9.90. The third-order valence-corrected chi connectivity index (χ3v) is 4.10. The highest BCUT2D eigenvalue weighted by atomic mass is 14.1. The summed E-state index contributed by atoms with van der Waals surface area (Å²) in [6.07, 6.45) is 7.16. The van der Waals surface area contributed by atoms with Crippen molar-refractivity contribution in [3.05, 3.63) is 0 Å². The fraction of sp³-hybridized carbons (Fsp3) is 1.00. The van der Waals surface area contributed by atoms with E-state index in [9.17, 15) is 0 Å². The fourth-order valence-corrected chi connectivity index (χ4v) is 1.78. The van der Waals surface area contributed by atoms with Gasteiger partial charge in [0.05, 0.1) is 0 Å². The molecule has 15 heavy (non-hydrogen) atoms. The second-order valence-corrected chi connectivity index (χ2v) is 6.08. The molecule has 0 aromatic carbocycles. The first kappa shape index (κ1) is 15.0. The van der Waals surface area contributed by atoms with Crippen molar-refractivity contribution in [2.24, 2.45) is 23.7 Å². The maximum atomic E-state index is 2.39. The Hall–Kier alpha value is 0. The second-order valence-electron chi connectivity index (χ2n) is 6.08. The van der Waals surface area contributed by atoms with Crippen molar-refractivity contribution in [2.45, 2.75) is 73.6 Å². The second kappa shape index (κ2) is 8.19. The first-order valence-electron chi connectivity index (χ1n) is 6.95. The van der Waals surface area contributed by atoms with Crippen LogP contribution in [0.4, 0.5) is 0 Å². The molecule has 0 fully saturated rings. The van der Waals surface area contributed by atoms with Gasteiger partial charge in [-0.2, -0.15) is 0 Å². The predicted molar refractivity (Wildman–Crippen MR) is 71.1 cm³/mol. The molecule has 0 nitrogen and oxygen atoms in total. The standard InChI is InChI=1S/C15H32/c1-12(2)14(5)10-8-7-9-11-15(6)13(3)4/h12-15H,7-11H2,1-6H3. The van der Waals surface area contributed by atoms with E-state index in [2.05, 4.69) is 41.5 Å². The first-order chi connectivity index (χ1) is 6.95. The van der Waals surface area contributed by atoms with Gasteiger partial charge in [0.1, 0.15) is 0 Å². The normalized spacial score (nSPS) is 16.0. The van der Waals surface area contributed by atoms with Crippen LogP contribution in [0, 0.1) is 23.7 Å². The van der Waals surface area contributed by atoms with Crippen LogP contribution in [0.3, 0.4) is 0 Å². The van der Waals surface area contributed by atoms with E-state index >= 15 is 0 Å². The SMILES string of the molecule is CC(C)C(C)CCCCCC(C)C(C)C. The Kier molecular flexibility index (Phi) is 8.19. The van der Waals surface area contributed by atoms with E-state index in [1.165, 1.54) is 32.1 Å². The zero-order valence-corrected chi connectivity index (χ0v) is 11.8. The molecule has 0 saturated carbocycles. The highest BCUT2D eigenvalue weighted by Crippen LogP contribution is 2.21. The van der Waals surface area contributed by atoms with Gasteiger partial charge in [-0.25, -0.2) is 0 Å². The lowest BCUT2D eigenvalue weighted by Crippen LogP contribution is -2.05. The summed E-state index contributed by atoms with van der Waals surface area (Å²) in [5.41, 5.74) is 0. The van der Waals surface area contributed by atoms with Crippen molar-refractivity contribution in [1.82, 2.24) is 0 Å². The van der Waals surface area contributed by atoms with Crippen LogP contribution in [0.25, 0.3) is 0 Å². The van der Waals surface area contributed by atoms with E-state index in [1.54, 1.807) is 0 Å². The van der Waals surface area contributed by atoms with Gasteiger partial charge in [-0.1, -0.05) is 73.6 Å². The molecule has 0 heteroatoms.